The number of hydrogen-bond donors (Lipinski definition) is 2. The molecule has 3 atom stereocenters. The molecule has 0 aromatic heterocycles. The molecule has 1 aromatic carbocycles. The van der Waals surface area contributed by atoms with Crippen molar-refractivity contribution in [1.82, 2.24) is 0 Å². The smallest absolute Gasteiger partial charge is 0.0498 e. The summed E-state index contributed by atoms with van der Waals surface area (Å²) in [6.45, 7) is 7.37. The topological polar surface area (TPSA) is 38.0 Å². The zero-order chi connectivity index (χ0) is 14.0. The number of rotatable bonds is 3. The van der Waals surface area contributed by atoms with Gasteiger partial charge in [0, 0.05) is 22.8 Å². The molecule has 1 aromatic rings. The fourth-order valence-corrected chi connectivity index (χ4v) is 3.22. The molecule has 2 nitrogen and oxygen atoms in total. The zero-order valence-electron chi connectivity index (χ0n) is 12.2. The monoisotopic (exact) mass is 280 g/mol. The Balaban J connectivity index is 2.16. The minimum absolute atomic E-state index is 0.0323. The molecule has 1 saturated carbocycles. The lowest BCUT2D eigenvalue weighted by atomic mass is 9.71. The molecule has 3 N–H and O–H groups in total. The third kappa shape index (κ3) is 3.24. The van der Waals surface area contributed by atoms with Gasteiger partial charge in [0.05, 0.1) is 0 Å². The summed E-state index contributed by atoms with van der Waals surface area (Å²) in [5, 5.41) is 4.47. The molecule has 0 saturated heterocycles. The Labute approximate surface area is 121 Å². The first kappa shape index (κ1) is 14.7. The maximum atomic E-state index is 6.20. The minimum Gasteiger partial charge on any atom is -0.378 e. The number of anilines is 1. The Morgan fingerprint density at radius 1 is 1.37 bits per heavy atom. The first-order chi connectivity index (χ1) is 8.96. The molecule has 3 heteroatoms. The SMILES string of the molecule is Cc1ccc(NC2(CN)CCC(C)C(C)C2)cc1Cl. The molecular formula is C16H25ClN2. The highest BCUT2D eigenvalue weighted by Crippen LogP contribution is 2.38. The van der Waals surface area contributed by atoms with Crippen molar-refractivity contribution in [3.63, 3.8) is 0 Å². The molecule has 2 rings (SSSR count). The summed E-state index contributed by atoms with van der Waals surface area (Å²) in [7, 11) is 0. The number of hydrogen-bond acceptors (Lipinski definition) is 2. The lowest BCUT2D eigenvalue weighted by Gasteiger charge is -2.43. The van der Waals surface area contributed by atoms with E-state index >= 15 is 0 Å². The molecule has 1 aliphatic carbocycles. The predicted molar refractivity (Wildman–Crippen MR) is 83.8 cm³/mol. The van der Waals surface area contributed by atoms with Crippen molar-refractivity contribution in [2.24, 2.45) is 17.6 Å². The summed E-state index contributed by atoms with van der Waals surface area (Å²) in [5.74, 6) is 1.51. The Bertz CT molecular complexity index is 446. The molecule has 0 radical (unpaired) electrons. The predicted octanol–water partition coefficient (Wildman–Crippen LogP) is 4.21. The van der Waals surface area contributed by atoms with E-state index in [1.807, 2.05) is 13.0 Å². The van der Waals surface area contributed by atoms with Crippen LogP contribution in [0.2, 0.25) is 5.02 Å². The van der Waals surface area contributed by atoms with E-state index in [1.54, 1.807) is 0 Å². The van der Waals surface area contributed by atoms with E-state index in [9.17, 15) is 0 Å². The summed E-state index contributed by atoms with van der Waals surface area (Å²) < 4.78 is 0. The third-order valence-electron chi connectivity index (χ3n) is 4.73. The highest BCUT2D eigenvalue weighted by atomic mass is 35.5. The summed E-state index contributed by atoms with van der Waals surface area (Å²) >= 11 is 6.20. The van der Waals surface area contributed by atoms with Crippen LogP contribution >= 0.6 is 11.6 Å². The quantitative estimate of drug-likeness (QED) is 0.870. The van der Waals surface area contributed by atoms with Gasteiger partial charge in [0.2, 0.25) is 0 Å². The van der Waals surface area contributed by atoms with Crippen molar-refractivity contribution in [2.45, 2.75) is 45.6 Å². The lowest BCUT2D eigenvalue weighted by molar-refractivity contribution is 0.196. The van der Waals surface area contributed by atoms with Crippen molar-refractivity contribution in [2.75, 3.05) is 11.9 Å². The summed E-state index contributed by atoms with van der Waals surface area (Å²) in [4.78, 5) is 0. The van der Waals surface area contributed by atoms with Crippen LogP contribution in [0.1, 0.15) is 38.7 Å². The first-order valence-electron chi connectivity index (χ1n) is 7.20. The van der Waals surface area contributed by atoms with Crippen LogP contribution in [-0.2, 0) is 0 Å². The molecule has 3 unspecified atom stereocenters. The van der Waals surface area contributed by atoms with Crippen molar-refractivity contribution in [1.29, 1.82) is 0 Å². The van der Waals surface area contributed by atoms with Gasteiger partial charge in [-0.3, -0.25) is 0 Å². The Hall–Kier alpha value is -0.730. The molecule has 0 spiro atoms. The van der Waals surface area contributed by atoms with Gasteiger partial charge >= 0.3 is 0 Å². The summed E-state index contributed by atoms with van der Waals surface area (Å²) in [6, 6.07) is 6.17. The first-order valence-corrected chi connectivity index (χ1v) is 7.58. The maximum absolute atomic E-state index is 6.20. The number of aryl methyl sites for hydroxylation is 1. The normalized spacial score (nSPS) is 31.2. The van der Waals surface area contributed by atoms with Crippen molar-refractivity contribution in [3.05, 3.63) is 28.8 Å². The van der Waals surface area contributed by atoms with Crippen LogP contribution in [0.3, 0.4) is 0 Å². The molecule has 1 fully saturated rings. The lowest BCUT2D eigenvalue weighted by Crippen LogP contribution is -2.50. The highest BCUT2D eigenvalue weighted by molar-refractivity contribution is 6.31. The van der Waals surface area contributed by atoms with E-state index in [0.717, 1.165) is 35.0 Å². The van der Waals surface area contributed by atoms with Crippen molar-refractivity contribution >= 4 is 17.3 Å². The van der Waals surface area contributed by atoms with E-state index in [1.165, 1.54) is 6.42 Å². The maximum Gasteiger partial charge on any atom is 0.0498 e. The fraction of sp³-hybridized carbons (Fsp3) is 0.625. The van der Waals surface area contributed by atoms with Crippen LogP contribution in [0.4, 0.5) is 5.69 Å². The van der Waals surface area contributed by atoms with E-state index in [-0.39, 0.29) is 5.54 Å². The van der Waals surface area contributed by atoms with Crippen molar-refractivity contribution in [3.8, 4) is 0 Å². The third-order valence-corrected chi connectivity index (χ3v) is 5.14. The van der Waals surface area contributed by atoms with E-state index in [4.69, 9.17) is 17.3 Å². The van der Waals surface area contributed by atoms with Gasteiger partial charge < -0.3 is 11.1 Å². The number of nitrogens with one attached hydrogen (secondary N) is 1. The Morgan fingerprint density at radius 3 is 2.68 bits per heavy atom. The fourth-order valence-electron chi connectivity index (χ4n) is 3.03. The number of nitrogens with two attached hydrogens (primary N) is 1. The van der Waals surface area contributed by atoms with Gasteiger partial charge in [-0.2, -0.15) is 0 Å². The van der Waals surface area contributed by atoms with Crippen molar-refractivity contribution < 1.29 is 0 Å². The Morgan fingerprint density at radius 2 is 2.11 bits per heavy atom. The van der Waals surface area contributed by atoms with E-state index in [2.05, 4.69) is 31.3 Å². The van der Waals surface area contributed by atoms with Crippen LogP contribution < -0.4 is 11.1 Å². The second kappa shape index (κ2) is 5.72. The molecule has 0 bridgehead atoms. The summed E-state index contributed by atoms with van der Waals surface area (Å²) in [5.41, 5.74) is 8.30. The van der Waals surface area contributed by atoms with E-state index in [0.29, 0.717) is 12.5 Å². The summed E-state index contributed by atoms with van der Waals surface area (Å²) in [6.07, 6.45) is 3.52. The van der Waals surface area contributed by atoms with Gasteiger partial charge in [-0.1, -0.05) is 31.5 Å². The molecule has 19 heavy (non-hydrogen) atoms. The van der Waals surface area contributed by atoms with Crippen LogP contribution in [0.15, 0.2) is 18.2 Å². The molecular weight excluding hydrogens is 256 g/mol. The van der Waals surface area contributed by atoms with Gasteiger partial charge in [-0.25, -0.2) is 0 Å². The van der Waals surface area contributed by atoms with Gasteiger partial charge in [0.15, 0.2) is 0 Å². The van der Waals surface area contributed by atoms with Gasteiger partial charge in [-0.05, 0) is 55.7 Å². The molecule has 0 amide bonds. The zero-order valence-corrected chi connectivity index (χ0v) is 12.9. The number of halogens is 1. The van der Waals surface area contributed by atoms with Gasteiger partial charge in [0.25, 0.3) is 0 Å². The molecule has 0 aliphatic heterocycles. The highest BCUT2D eigenvalue weighted by Gasteiger charge is 2.36. The average Bonchev–Trinajstić information content (AvgIpc) is 2.39. The van der Waals surface area contributed by atoms with Crippen LogP contribution in [0.5, 0.6) is 0 Å². The minimum atomic E-state index is 0.0323. The largest absolute Gasteiger partial charge is 0.378 e. The van der Waals surface area contributed by atoms with Gasteiger partial charge in [0.1, 0.15) is 0 Å². The standard InChI is InChI=1S/C16H25ClN2/c1-11-6-7-16(10-18,9-13(11)3)19-14-5-4-12(2)15(17)8-14/h4-5,8,11,13,19H,6-7,9-10,18H2,1-3H3. The molecule has 106 valence electrons. The van der Waals surface area contributed by atoms with Crippen LogP contribution in [0.25, 0.3) is 0 Å². The second-order valence-corrected chi connectivity index (χ2v) is 6.68. The molecule has 1 aliphatic rings. The number of benzene rings is 1. The molecule has 0 heterocycles. The average molecular weight is 281 g/mol. The van der Waals surface area contributed by atoms with Gasteiger partial charge in [-0.15, -0.1) is 0 Å². The second-order valence-electron chi connectivity index (χ2n) is 6.27. The Kier molecular flexibility index (Phi) is 4.42. The van der Waals surface area contributed by atoms with Crippen LogP contribution in [-0.4, -0.2) is 12.1 Å². The van der Waals surface area contributed by atoms with Crippen LogP contribution in [0, 0.1) is 18.8 Å². The van der Waals surface area contributed by atoms with E-state index < -0.39 is 0 Å².